The summed E-state index contributed by atoms with van der Waals surface area (Å²) < 4.78 is 2.02. The number of halogens is 2. The molecule has 2 aromatic carbocycles. The molecule has 0 spiro atoms. The molecular formula is C19H14Br2O. The van der Waals surface area contributed by atoms with Gasteiger partial charge in [0, 0.05) is 20.1 Å². The molecule has 0 radical (unpaired) electrons. The minimum atomic E-state index is 0.111. The maximum Gasteiger partial charge on any atom is 0.194 e. The minimum Gasteiger partial charge on any atom is -0.289 e. The van der Waals surface area contributed by atoms with Gasteiger partial charge in [0.2, 0.25) is 0 Å². The lowest BCUT2D eigenvalue weighted by Gasteiger charge is -2.06. The summed E-state index contributed by atoms with van der Waals surface area (Å²) in [7, 11) is 0. The largest absolute Gasteiger partial charge is 0.289 e. The highest BCUT2D eigenvalue weighted by Gasteiger charge is 2.29. The molecule has 2 aromatic rings. The number of Topliss-reactive ketones (excluding diaryl/α,β-unsaturated/α-hetero) is 1. The van der Waals surface area contributed by atoms with Crippen LogP contribution < -0.4 is 0 Å². The summed E-state index contributed by atoms with van der Waals surface area (Å²) in [5.41, 5.74) is 5.68. The predicted octanol–water partition coefficient (Wildman–Crippen LogP) is 6.04. The van der Waals surface area contributed by atoms with E-state index in [4.69, 9.17) is 0 Å². The summed E-state index contributed by atoms with van der Waals surface area (Å²) in [6.07, 6.45) is 0. The van der Waals surface area contributed by atoms with E-state index in [1.165, 1.54) is 0 Å². The molecule has 0 saturated heterocycles. The number of benzene rings is 2. The molecule has 1 aliphatic rings. The number of carbonyl (C=O) groups is 1. The number of hydrogen-bond donors (Lipinski definition) is 0. The monoisotopic (exact) mass is 416 g/mol. The van der Waals surface area contributed by atoms with Gasteiger partial charge in [-0.25, -0.2) is 0 Å². The fourth-order valence-corrected chi connectivity index (χ4v) is 3.30. The molecule has 1 aliphatic carbocycles. The Balaban J connectivity index is 2.06. The van der Waals surface area contributed by atoms with Crippen LogP contribution in [0.4, 0.5) is 0 Å². The van der Waals surface area contributed by atoms with Crippen LogP contribution in [0.3, 0.4) is 0 Å². The van der Waals surface area contributed by atoms with Crippen molar-refractivity contribution in [1.29, 1.82) is 0 Å². The Morgan fingerprint density at radius 3 is 1.27 bits per heavy atom. The van der Waals surface area contributed by atoms with Crippen molar-refractivity contribution in [3.05, 3.63) is 79.7 Å². The van der Waals surface area contributed by atoms with E-state index >= 15 is 0 Å². The maximum absolute atomic E-state index is 13.0. The molecular weight excluding hydrogens is 404 g/mol. The van der Waals surface area contributed by atoms with Crippen LogP contribution in [0.25, 0.3) is 11.1 Å². The van der Waals surface area contributed by atoms with E-state index < -0.39 is 0 Å². The van der Waals surface area contributed by atoms with E-state index in [0.29, 0.717) is 0 Å². The van der Waals surface area contributed by atoms with E-state index in [1.54, 1.807) is 0 Å². The van der Waals surface area contributed by atoms with Gasteiger partial charge in [-0.2, -0.15) is 0 Å². The van der Waals surface area contributed by atoms with Gasteiger partial charge < -0.3 is 0 Å². The summed E-state index contributed by atoms with van der Waals surface area (Å²) in [5, 5.41) is 0. The second-order valence-corrected chi connectivity index (χ2v) is 7.17. The van der Waals surface area contributed by atoms with E-state index in [1.807, 2.05) is 62.4 Å². The Labute approximate surface area is 147 Å². The topological polar surface area (TPSA) is 17.1 Å². The van der Waals surface area contributed by atoms with Gasteiger partial charge in [-0.1, -0.05) is 56.1 Å². The van der Waals surface area contributed by atoms with Crippen LogP contribution in [0.2, 0.25) is 0 Å². The number of carbonyl (C=O) groups excluding carboxylic acids is 1. The van der Waals surface area contributed by atoms with Crippen molar-refractivity contribution >= 4 is 48.8 Å². The van der Waals surface area contributed by atoms with Gasteiger partial charge in [0.1, 0.15) is 0 Å². The molecule has 110 valence electrons. The van der Waals surface area contributed by atoms with Crippen LogP contribution in [-0.2, 0) is 4.79 Å². The number of allylic oxidation sites excluding steroid dienone is 4. The van der Waals surface area contributed by atoms with Gasteiger partial charge in [-0.15, -0.1) is 0 Å². The molecule has 0 bridgehead atoms. The van der Waals surface area contributed by atoms with Crippen LogP contribution in [0.1, 0.15) is 25.0 Å². The molecule has 0 saturated carbocycles. The first-order valence-electron chi connectivity index (χ1n) is 6.97. The standard InChI is InChI=1S/C19H14Br2O/c1-11-12(2)18(14-5-9-16(21)10-6-14)19(22)17(11)13-3-7-15(20)8-4-13/h3-10H,1-2H3. The number of rotatable bonds is 2. The lowest BCUT2D eigenvalue weighted by molar-refractivity contribution is -0.108. The Hall–Kier alpha value is -1.45. The molecule has 3 heteroatoms. The third-order valence-electron chi connectivity index (χ3n) is 4.03. The van der Waals surface area contributed by atoms with Gasteiger partial charge in [0.15, 0.2) is 5.78 Å². The Morgan fingerprint density at radius 1 is 0.636 bits per heavy atom. The fourth-order valence-electron chi connectivity index (χ4n) is 2.77. The first kappa shape index (κ1) is 15.4. The fraction of sp³-hybridized carbons (Fsp3) is 0.105. The van der Waals surface area contributed by atoms with Crippen molar-refractivity contribution in [2.75, 3.05) is 0 Å². The molecule has 0 heterocycles. The molecule has 0 fully saturated rings. The smallest absolute Gasteiger partial charge is 0.194 e. The molecule has 22 heavy (non-hydrogen) atoms. The van der Waals surface area contributed by atoms with Gasteiger partial charge in [0.25, 0.3) is 0 Å². The van der Waals surface area contributed by atoms with Crippen LogP contribution in [0.15, 0.2) is 68.6 Å². The van der Waals surface area contributed by atoms with Crippen molar-refractivity contribution < 1.29 is 4.79 Å². The van der Waals surface area contributed by atoms with Crippen molar-refractivity contribution in [3.63, 3.8) is 0 Å². The molecule has 0 N–H and O–H groups in total. The maximum atomic E-state index is 13.0. The van der Waals surface area contributed by atoms with E-state index in [9.17, 15) is 4.79 Å². The quantitative estimate of drug-likeness (QED) is 0.581. The second-order valence-electron chi connectivity index (χ2n) is 5.34. The van der Waals surface area contributed by atoms with Crippen LogP contribution in [0.5, 0.6) is 0 Å². The average molecular weight is 418 g/mol. The van der Waals surface area contributed by atoms with Crippen molar-refractivity contribution in [2.45, 2.75) is 13.8 Å². The molecule has 0 unspecified atom stereocenters. The van der Waals surface area contributed by atoms with Crippen LogP contribution >= 0.6 is 31.9 Å². The zero-order valence-electron chi connectivity index (χ0n) is 12.3. The minimum absolute atomic E-state index is 0.111. The summed E-state index contributed by atoms with van der Waals surface area (Å²) >= 11 is 6.87. The summed E-state index contributed by atoms with van der Waals surface area (Å²) in [6.45, 7) is 4.05. The number of ketones is 1. The third-order valence-corrected chi connectivity index (χ3v) is 5.09. The van der Waals surface area contributed by atoms with Crippen molar-refractivity contribution in [2.24, 2.45) is 0 Å². The highest BCUT2D eigenvalue weighted by Crippen LogP contribution is 2.40. The van der Waals surface area contributed by atoms with Crippen LogP contribution in [-0.4, -0.2) is 5.78 Å². The second kappa shape index (κ2) is 5.98. The Bertz CT molecular complexity index is 740. The Kier molecular flexibility index (Phi) is 4.20. The normalized spacial score (nSPS) is 15.0. The molecule has 0 aliphatic heterocycles. The van der Waals surface area contributed by atoms with Gasteiger partial charge >= 0.3 is 0 Å². The van der Waals surface area contributed by atoms with E-state index in [0.717, 1.165) is 42.4 Å². The first-order chi connectivity index (χ1) is 10.5. The summed E-state index contributed by atoms with van der Waals surface area (Å²) in [4.78, 5) is 13.0. The molecule has 0 aromatic heterocycles. The van der Waals surface area contributed by atoms with E-state index in [-0.39, 0.29) is 5.78 Å². The molecule has 0 atom stereocenters. The first-order valence-corrected chi connectivity index (χ1v) is 8.56. The van der Waals surface area contributed by atoms with Crippen molar-refractivity contribution in [3.8, 4) is 0 Å². The lowest BCUT2D eigenvalue weighted by atomic mass is 9.96. The number of hydrogen-bond acceptors (Lipinski definition) is 1. The predicted molar refractivity (Wildman–Crippen MR) is 98.5 cm³/mol. The Morgan fingerprint density at radius 2 is 0.955 bits per heavy atom. The highest BCUT2D eigenvalue weighted by atomic mass is 79.9. The zero-order chi connectivity index (χ0) is 15.9. The SMILES string of the molecule is CC1=C(c2ccc(Br)cc2)C(=O)C(c2ccc(Br)cc2)=C1C. The van der Waals surface area contributed by atoms with Gasteiger partial charge in [-0.05, 0) is 60.4 Å². The summed E-state index contributed by atoms with van der Waals surface area (Å²) in [5.74, 6) is 0.111. The molecule has 1 nitrogen and oxygen atoms in total. The lowest BCUT2D eigenvalue weighted by Crippen LogP contribution is -2.01. The van der Waals surface area contributed by atoms with Gasteiger partial charge in [-0.3, -0.25) is 4.79 Å². The van der Waals surface area contributed by atoms with E-state index in [2.05, 4.69) is 31.9 Å². The molecule has 3 rings (SSSR count). The average Bonchev–Trinajstić information content (AvgIpc) is 2.72. The zero-order valence-corrected chi connectivity index (χ0v) is 15.5. The summed E-state index contributed by atoms with van der Waals surface area (Å²) in [6, 6.07) is 15.8. The third kappa shape index (κ3) is 2.64. The van der Waals surface area contributed by atoms with Crippen LogP contribution in [0, 0.1) is 0 Å². The molecule has 0 amide bonds. The van der Waals surface area contributed by atoms with Gasteiger partial charge in [0.05, 0.1) is 0 Å². The van der Waals surface area contributed by atoms with Crippen molar-refractivity contribution in [1.82, 2.24) is 0 Å². The highest BCUT2D eigenvalue weighted by molar-refractivity contribution is 9.10.